The Morgan fingerprint density at radius 2 is 1.93 bits per heavy atom. The molecule has 5 rings (SSSR count). The van der Waals surface area contributed by atoms with Crippen molar-refractivity contribution < 1.29 is 18.7 Å². The predicted octanol–water partition coefficient (Wildman–Crippen LogP) is 3.51. The largest absolute Gasteiger partial charge is 0.384 e. The van der Waals surface area contributed by atoms with Crippen LogP contribution in [0.4, 0.5) is 8.78 Å². The van der Waals surface area contributed by atoms with E-state index in [-0.39, 0.29) is 42.4 Å². The van der Waals surface area contributed by atoms with Gasteiger partial charge in [0.05, 0.1) is 0 Å². The SMILES string of the molecule is C[C@]12CC[C@H]3[C@@H](CC[C@@H]4C[C@](O)(C(F)F)CC[C@@H]43)[C@@H]1CC[C@@H]2C(=O)Cn1ncnn1. The van der Waals surface area contributed by atoms with Gasteiger partial charge in [-0.1, -0.05) is 6.92 Å². The highest BCUT2D eigenvalue weighted by Gasteiger charge is 2.59. The van der Waals surface area contributed by atoms with Gasteiger partial charge < -0.3 is 5.11 Å². The smallest absolute Gasteiger partial charge is 0.266 e. The Kier molecular flexibility index (Phi) is 4.99. The zero-order valence-electron chi connectivity index (χ0n) is 17.6. The van der Waals surface area contributed by atoms with E-state index in [9.17, 15) is 18.7 Å². The van der Waals surface area contributed by atoms with Crippen LogP contribution >= 0.6 is 0 Å². The first-order valence-electron chi connectivity index (χ1n) is 11.6. The van der Waals surface area contributed by atoms with Gasteiger partial charge in [0.2, 0.25) is 0 Å². The Labute approximate surface area is 175 Å². The van der Waals surface area contributed by atoms with Crippen molar-refractivity contribution in [2.45, 2.75) is 83.3 Å². The maximum Gasteiger partial charge on any atom is 0.266 e. The molecule has 6 nitrogen and oxygen atoms in total. The number of rotatable bonds is 4. The van der Waals surface area contributed by atoms with Crippen LogP contribution in [0.1, 0.15) is 64.7 Å². The number of hydrogen-bond acceptors (Lipinski definition) is 5. The highest BCUT2D eigenvalue weighted by molar-refractivity contribution is 5.81. The molecule has 4 aliphatic rings. The molecule has 1 aromatic rings. The van der Waals surface area contributed by atoms with Crippen molar-refractivity contribution >= 4 is 5.78 Å². The van der Waals surface area contributed by atoms with Gasteiger partial charge in [0.25, 0.3) is 6.43 Å². The van der Waals surface area contributed by atoms with Crippen LogP contribution in [0, 0.1) is 40.9 Å². The summed E-state index contributed by atoms with van der Waals surface area (Å²) in [6, 6.07) is 0. The van der Waals surface area contributed by atoms with Crippen LogP contribution < -0.4 is 0 Å². The lowest BCUT2D eigenvalue weighted by molar-refractivity contribution is -0.160. The Morgan fingerprint density at radius 1 is 1.13 bits per heavy atom. The van der Waals surface area contributed by atoms with E-state index in [4.69, 9.17) is 0 Å². The first-order chi connectivity index (χ1) is 14.3. The second-order valence-electron chi connectivity index (χ2n) is 10.7. The van der Waals surface area contributed by atoms with Crippen LogP contribution in [0.15, 0.2) is 6.33 Å². The zero-order valence-corrected chi connectivity index (χ0v) is 17.6. The van der Waals surface area contributed by atoms with Gasteiger partial charge in [-0.3, -0.25) is 4.79 Å². The molecular formula is C22H32F2N4O2. The van der Waals surface area contributed by atoms with Crippen LogP contribution in [0.25, 0.3) is 0 Å². The van der Waals surface area contributed by atoms with E-state index in [2.05, 4.69) is 22.3 Å². The van der Waals surface area contributed by atoms with Gasteiger partial charge in [-0.2, -0.15) is 4.80 Å². The van der Waals surface area contributed by atoms with Gasteiger partial charge in [-0.25, -0.2) is 8.78 Å². The Hall–Kier alpha value is -1.44. The van der Waals surface area contributed by atoms with E-state index in [1.54, 1.807) is 0 Å². The third kappa shape index (κ3) is 3.12. The number of carbonyl (C=O) groups excluding carboxylic acids is 1. The number of ketones is 1. The van der Waals surface area contributed by atoms with Gasteiger partial charge in [-0.15, -0.1) is 10.2 Å². The minimum Gasteiger partial charge on any atom is -0.384 e. The van der Waals surface area contributed by atoms with Crippen molar-refractivity contribution in [2.75, 3.05) is 0 Å². The lowest BCUT2D eigenvalue weighted by Gasteiger charge is -2.57. The molecule has 1 N–H and O–H groups in total. The van der Waals surface area contributed by atoms with Crippen molar-refractivity contribution in [1.29, 1.82) is 0 Å². The first kappa shape index (κ1) is 20.5. The summed E-state index contributed by atoms with van der Waals surface area (Å²) in [5, 5.41) is 21.9. The molecule has 0 bridgehead atoms. The molecule has 4 fully saturated rings. The van der Waals surface area contributed by atoms with E-state index >= 15 is 0 Å². The predicted molar refractivity (Wildman–Crippen MR) is 104 cm³/mol. The number of halogens is 2. The number of aliphatic hydroxyl groups is 1. The van der Waals surface area contributed by atoms with Crippen LogP contribution in [-0.4, -0.2) is 43.1 Å². The van der Waals surface area contributed by atoms with Crippen LogP contribution in [0.5, 0.6) is 0 Å². The zero-order chi connectivity index (χ0) is 21.1. The number of nitrogens with zero attached hydrogens (tertiary/aromatic N) is 4. The molecule has 8 atom stereocenters. The van der Waals surface area contributed by atoms with E-state index in [1.165, 1.54) is 11.1 Å². The van der Waals surface area contributed by atoms with E-state index in [0.717, 1.165) is 44.9 Å². The second-order valence-corrected chi connectivity index (χ2v) is 10.7. The first-order valence-corrected chi connectivity index (χ1v) is 11.6. The minimum absolute atomic E-state index is 0.0179. The Bertz CT molecular complexity index is 790. The summed E-state index contributed by atoms with van der Waals surface area (Å²) in [6.45, 7) is 2.50. The number of carbonyl (C=O) groups is 1. The van der Waals surface area contributed by atoms with Gasteiger partial charge in [-0.05, 0) is 98.0 Å². The molecule has 0 aliphatic heterocycles. The molecule has 1 heterocycles. The molecule has 4 saturated carbocycles. The summed E-state index contributed by atoms with van der Waals surface area (Å²) in [7, 11) is 0. The van der Waals surface area contributed by atoms with Crippen molar-refractivity contribution in [3.05, 3.63) is 6.33 Å². The van der Waals surface area contributed by atoms with Crippen molar-refractivity contribution in [2.24, 2.45) is 40.9 Å². The fourth-order valence-corrected chi connectivity index (χ4v) is 8.15. The third-order valence-corrected chi connectivity index (χ3v) is 9.53. The van der Waals surface area contributed by atoms with E-state index < -0.39 is 12.0 Å². The fourth-order valence-electron chi connectivity index (χ4n) is 8.15. The molecule has 0 aromatic carbocycles. The second kappa shape index (κ2) is 7.31. The lowest BCUT2D eigenvalue weighted by Crippen LogP contribution is -2.53. The molecule has 4 aliphatic carbocycles. The molecule has 0 spiro atoms. The van der Waals surface area contributed by atoms with Gasteiger partial charge >= 0.3 is 0 Å². The maximum atomic E-state index is 13.4. The molecule has 0 radical (unpaired) electrons. The summed E-state index contributed by atoms with van der Waals surface area (Å²) in [5.41, 5.74) is -1.76. The normalized spacial score (nSPS) is 45.6. The molecule has 30 heavy (non-hydrogen) atoms. The van der Waals surface area contributed by atoms with Gasteiger partial charge in [0.1, 0.15) is 12.1 Å². The minimum atomic E-state index is -2.65. The van der Waals surface area contributed by atoms with Crippen molar-refractivity contribution in [3.63, 3.8) is 0 Å². The van der Waals surface area contributed by atoms with E-state index in [0.29, 0.717) is 23.7 Å². The summed E-state index contributed by atoms with van der Waals surface area (Å²) in [4.78, 5) is 14.4. The monoisotopic (exact) mass is 422 g/mol. The number of hydrogen-bond donors (Lipinski definition) is 1. The number of tetrazole rings is 1. The van der Waals surface area contributed by atoms with E-state index in [1.807, 2.05) is 0 Å². The number of aromatic nitrogens is 4. The number of fused-ring (bicyclic) bond motifs is 5. The summed E-state index contributed by atoms with van der Waals surface area (Å²) < 4.78 is 26.8. The van der Waals surface area contributed by atoms with Crippen LogP contribution in [0.2, 0.25) is 0 Å². The molecule has 0 amide bonds. The summed E-state index contributed by atoms with van der Waals surface area (Å²) in [5.74, 6) is 2.62. The standard InChI is InChI=1S/C22H32F2N4O2/c1-21-8-6-15-14-7-9-22(30,20(23)24)10-13(14)2-3-16(15)17(21)4-5-18(21)19(29)11-28-26-12-25-27-28/h12-18,20,30H,2-11H2,1H3/t13-,14+,15-,16-,17+,18-,21+,22+/m1/s1. The quantitative estimate of drug-likeness (QED) is 0.803. The Morgan fingerprint density at radius 3 is 2.67 bits per heavy atom. The Balaban J connectivity index is 1.30. The third-order valence-electron chi connectivity index (χ3n) is 9.53. The molecule has 0 unspecified atom stereocenters. The number of Topliss-reactive ketones (excluding diaryl/α,β-unsaturated/α-hetero) is 1. The topological polar surface area (TPSA) is 80.9 Å². The molecule has 1 aromatic heterocycles. The van der Waals surface area contributed by atoms with Gasteiger partial charge in [0.15, 0.2) is 12.1 Å². The average molecular weight is 423 g/mol. The average Bonchev–Trinajstić information content (AvgIpc) is 3.34. The summed E-state index contributed by atoms with van der Waals surface area (Å²) >= 11 is 0. The summed E-state index contributed by atoms with van der Waals surface area (Å²) in [6.07, 6.45) is 6.02. The number of alkyl halides is 2. The van der Waals surface area contributed by atoms with Crippen LogP contribution in [-0.2, 0) is 11.3 Å². The maximum absolute atomic E-state index is 13.4. The molecule has 0 saturated heterocycles. The van der Waals surface area contributed by atoms with Crippen LogP contribution in [0.3, 0.4) is 0 Å². The highest BCUT2D eigenvalue weighted by Crippen LogP contribution is 2.64. The van der Waals surface area contributed by atoms with Crippen molar-refractivity contribution in [3.8, 4) is 0 Å². The fraction of sp³-hybridized carbons (Fsp3) is 0.909. The van der Waals surface area contributed by atoms with Gasteiger partial charge in [0, 0.05) is 5.92 Å². The van der Waals surface area contributed by atoms with Crippen molar-refractivity contribution in [1.82, 2.24) is 20.2 Å². The molecular weight excluding hydrogens is 390 g/mol. The molecule has 166 valence electrons. The highest BCUT2D eigenvalue weighted by atomic mass is 19.3. The molecule has 8 heteroatoms. The lowest BCUT2D eigenvalue weighted by atomic mass is 9.49.